The second-order valence-electron chi connectivity index (χ2n) is 3.66. The lowest BCUT2D eigenvalue weighted by Crippen LogP contribution is -1.97. The average Bonchev–Trinajstić information content (AvgIpc) is 2.28. The highest BCUT2D eigenvalue weighted by molar-refractivity contribution is 5.74. The van der Waals surface area contributed by atoms with E-state index in [1.807, 2.05) is 37.3 Å². The fourth-order valence-corrected chi connectivity index (χ4v) is 1.51. The molecule has 0 spiro atoms. The van der Waals surface area contributed by atoms with Crippen molar-refractivity contribution in [3.8, 4) is 5.75 Å². The Hall–Kier alpha value is -2.16. The minimum atomic E-state index is 0.277. The molecule has 4 N–H and O–H groups in total. The van der Waals surface area contributed by atoms with Crippen LogP contribution in [0.3, 0.4) is 0 Å². The van der Waals surface area contributed by atoms with Gasteiger partial charge >= 0.3 is 0 Å². The molecule has 0 saturated carbocycles. The molecule has 0 amide bonds. The van der Waals surface area contributed by atoms with E-state index in [-0.39, 0.29) is 5.75 Å². The van der Waals surface area contributed by atoms with Crippen molar-refractivity contribution in [2.75, 3.05) is 11.1 Å². The summed E-state index contributed by atoms with van der Waals surface area (Å²) in [4.78, 5) is 0. The Bertz CT molecular complexity index is 509. The number of rotatable bonds is 2. The van der Waals surface area contributed by atoms with Gasteiger partial charge in [-0.3, -0.25) is 0 Å². The lowest BCUT2D eigenvalue weighted by atomic mass is 10.1. The summed E-state index contributed by atoms with van der Waals surface area (Å²) < 4.78 is 0. The predicted molar refractivity (Wildman–Crippen MR) is 67.0 cm³/mol. The van der Waals surface area contributed by atoms with Crippen molar-refractivity contribution in [1.82, 2.24) is 0 Å². The SMILES string of the molecule is Cc1c(O)cccc1Nc1ccccc1N. The molecule has 16 heavy (non-hydrogen) atoms. The molecule has 0 aromatic heterocycles. The summed E-state index contributed by atoms with van der Waals surface area (Å²) in [6.45, 7) is 1.86. The number of anilines is 3. The topological polar surface area (TPSA) is 58.3 Å². The second-order valence-corrected chi connectivity index (χ2v) is 3.66. The molecule has 2 aromatic carbocycles. The molecule has 0 heterocycles. The van der Waals surface area contributed by atoms with Gasteiger partial charge in [0.2, 0.25) is 0 Å². The molecule has 82 valence electrons. The molecule has 0 bridgehead atoms. The highest BCUT2D eigenvalue weighted by Gasteiger charge is 2.04. The van der Waals surface area contributed by atoms with Crippen LogP contribution >= 0.6 is 0 Å². The summed E-state index contributed by atoms with van der Waals surface area (Å²) in [6, 6.07) is 12.9. The van der Waals surface area contributed by atoms with Crippen molar-refractivity contribution in [2.45, 2.75) is 6.92 Å². The zero-order valence-corrected chi connectivity index (χ0v) is 9.07. The number of aromatic hydroxyl groups is 1. The van der Waals surface area contributed by atoms with Crippen molar-refractivity contribution in [2.24, 2.45) is 0 Å². The van der Waals surface area contributed by atoms with Crippen molar-refractivity contribution in [3.63, 3.8) is 0 Å². The summed E-state index contributed by atoms with van der Waals surface area (Å²) in [5.74, 6) is 0.277. The van der Waals surface area contributed by atoms with Crippen LogP contribution in [0.25, 0.3) is 0 Å². The first-order valence-corrected chi connectivity index (χ1v) is 5.08. The van der Waals surface area contributed by atoms with Gasteiger partial charge in [-0.2, -0.15) is 0 Å². The number of nitrogens with one attached hydrogen (secondary N) is 1. The Morgan fingerprint density at radius 1 is 1.00 bits per heavy atom. The van der Waals surface area contributed by atoms with Crippen LogP contribution < -0.4 is 11.1 Å². The quantitative estimate of drug-likeness (QED) is 0.673. The Morgan fingerprint density at radius 3 is 2.44 bits per heavy atom. The number of phenols is 1. The van der Waals surface area contributed by atoms with E-state index >= 15 is 0 Å². The Labute approximate surface area is 94.5 Å². The maximum absolute atomic E-state index is 9.58. The lowest BCUT2D eigenvalue weighted by Gasteiger charge is -2.12. The van der Waals surface area contributed by atoms with Gasteiger partial charge in [0.15, 0.2) is 0 Å². The smallest absolute Gasteiger partial charge is 0.120 e. The van der Waals surface area contributed by atoms with Gasteiger partial charge < -0.3 is 16.2 Å². The fraction of sp³-hybridized carbons (Fsp3) is 0.0769. The maximum atomic E-state index is 9.58. The first-order valence-electron chi connectivity index (χ1n) is 5.08. The van der Waals surface area contributed by atoms with E-state index in [9.17, 15) is 5.11 Å². The Morgan fingerprint density at radius 2 is 1.69 bits per heavy atom. The summed E-state index contributed by atoms with van der Waals surface area (Å²) in [7, 11) is 0. The number of benzene rings is 2. The van der Waals surface area contributed by atoms with Gasteiger partial charge in [-0.25, -0.2) is 0 Å². The highest BCUT2D eigenvalue weighted by Crippen LogP contribution is 2.28. The van der Waals surface area contributed by atoms with Crippen LogP contribution in [0.4, 0.5) is 17.1 Å². The van der Waals surface area contributed by atoms with Crippen LogP contribution in [0.15, 0.2) is 42.5 Å². The molecule has 0 atom stereocenters. The summed E-state index contributed by atoms with van der Waals surface area (Å²) in [5.41, 5.74) is 9.03. The Kier molecular flexibility index (Phi) is 2.68. The highest BCUT2D eigenvalue weighted by atomic mass is 16.3. The van der Waals surface area contributed by atoms with Crippen LogP contribution in [-0.2, 0) is 0 Å². The zero-order chi connectivity index (χ0) is 11.5. The fourth-order valence-electron chi connectivity index (χ4n) is 1.51. The number of hydrogen-bond acceptors (Lipinski definition) is 3. The van der Waals surface area contributed by atoms with E-state index in [0.29, 0.717) is 5.69 Å². The van der Waals surface area contributed by atoms with E-state index in [4.69, 9.17) is 5.73 Å². The molecule has 2 aromatic rings. The molecule has 0 saturated heterocycles. The molecule has 3 nitrogen and oxygen atoms in total. The first kappa shape index (κ1) is 10.4. The molecule has 3 heteroatoms. The van der Waals surface area contributed by atoms with Gasteiger partial charge in [-0.05, 0) is 31.2 Å². The van der Waals surface area contributed by atoms with Gasteiger partial charge in [0, 0.05) is 11.3 Å². The third kappa shape index (κ3) is 1.93. The standard InChI is InChI=1S/C13H14N2O/c1-9-11(7-4-8-13(9)16)15-12-6-3-2-5-10(12)14/h2-8,15-16H,14H2,1H3. The van der Waals surface area contributed by atoms with Gasteiger partial charge in [0.05, 0.1) is 11.4 Å². The van der Waals surface area contributed by atoms with E-state index in [1.54, 1.807) is 12.1 Å². The average molecular weight is 214 g/mol. The first-order chi connectivity index (χ1) is 7.68. The molecule has 0 unspecified atom stereocenters. The minimum Gasteiger partial charge on any atom is -0.508 e. The Balaban J connectivity index is 2.35. The maximum Gasteiger partial charge on any atom is 0.120 e. The number of phenolic OH excluding ortho intramolecular Hbond substituents is 1. The normalized spacial score (nSPS) is 10.1. The number of nitrogen functional groups attached to an aromatic ring is 1. The molecule has 0 aliphatic carbocycles. The van der Waals surface area contributed by atoms with Crippen molar-refractivity contribution in [3.05, 3.63) is 48.0 Å². The van der Waals surface area contributed by atoms with Gasteiger partial charge in [-0.15, -0.1) is 0 Å². The molecule has 0 fully saturated rings. The lowest BCUT2D eigenvalue weighted by molar-refractivity contribution is 0.471. The van der Waals surface area contributed by atoms with Crippen LogP contribution in [-0.4, -0.2) is 5.11 Å². The van der Waals surface area contributed by atoms with E-state index < -0.39 is 0 Å². The van der Waals surface area contributed by atoms with Crippen molar-refractivity contribution < 1.29 is 5.11 Å². The minimum absolute atomic E-state index is 0.277. The molecule has 0 radical (unpaired) electrons. The van der Waals surface area contributed by atoms with E-state index in [0.717, 1.165) is 16.9 Å². The monoisotopic (exact) mass is 214 g/mol. The molecule has 0 aliphatic rings. The zero-order valence-electron chi connectivity index (χ0n) is 9.07. The summed E-state index contributed by atoms with van der Waals surface area (Å²) in [6.07, 6.45) is 0. The third-order valence-corrected chi connectivity index (χ3v) is 2.54. The molecule has 0 aliphatic heterocycles. The number of para-hydroxylation sites is 2. The molecular weight excluding hydrogens is 200 g/mol. The molecular formula is C13H14N2O. The van der Waals surface area contributed by atoms with Crippen LogP contribution in [0.2, 0.25) is 0 Å². The van der Waals surface area contributed by atoms with Gasteiger partial charge in [0.1, 0.15) is 5.75 Å². The largest absolute Gasteiger partial charge is 0.508 e. The van der Waals surface area contributed by atoms with Crippen LogP contribution in [0.5, 0.6) is 5.75 Å². The van der Waals surface area contributed by atoms with Gasteiger partial charge in [0.25, 0.3) is 0 Å². The van der Waals surface area contributed by atoms with E-state index in [1.165, 1.54) is 0 Å². The second kappa shape index (κ2) is 4.14. The van der Waals surface area contributed by atoms with Crippen molar-refractivity contribution >= 4 is 17.1 Å². The number of nitrogens with two attached hydrogens (primary N) is 1. The van der Waals surface area contributed by atoms with Gasteiger partial charge in [-0.1, -0.05) is 18.2 Å². The summed E-state index contributed by atoms with van der Waals surface area (Å²) in [5, 5.41) is 12.8. The van der Waals surface area contributed by atoms with Crippen LogP contribution in [0, 0.1) is 6.92 Å². The molecule has 2 rings (SSSR count). The summed E-state index contributed by atoms with van der Waals surface area (Å²) >= 11 is 0. The number of hydrogen-bond donors (Lipinski definition) is 3. The third-order valence-electron chi connectivity index (χ3n) is 2.54. The predicted octanol–water partition coefficient (Wildman–Crippen LogP) is 3.03. The van der Waals surface area contributed by atoms with Crippen molar-refractivity contribution in [1.29, 1.82) is 0 Å². The van der Waals surface area contributed by atoms with Crippen LogP contribution in [0.1, 0.15) is 5.56 Å². The van der Waals surface area contributed by atoms with E-state index in [2.05, 4.69) is 5.32 Å².